The molecule has 1 aromatic carbocycles. The Bertz CT molecular complexity index is 534. The fraction of sp³-hybridized carbons (Fsp3) is 0.267. The van der Waals surface area contributed by atoms with Gasteiger partial charge < -0.3 is 14.5 Å². The van der Waals surface area contributed by atoms with Gasteiger partial charge >= 0.3 is 5.97 Å². The van der Waals surface area contributed by atoms with Crippen LogP contribution in [0.25, 0.3) is 0 Å². The van der Waals surface area contributed by atoms with Gasteiger partial charge in [0, 0.05) is 6.54 Å². The van der Waals surface area contributed by atoms with Crippen LogP contribution >= 0.6 is 0 Å². The molecule has 0 amide bonds. The van der Waals surface area contributed by atoms with Gasteiger partial charge in [0.05, 0.1) is 25.0 Å². The van der Waals surface area contributed by atoms with Gasteiger partial charge in [-0.05, 0) is 30.7 Å². The lowest BCUT2D eigenvalue weighted by Crippen LogP contribution is -2.19. The summed E-state index contributed by atoms with van der Waals surface area (Å²) in [4.78, 5) is 11.6. The zero-order chi connectivity index (χ0) is 13.7. The van der Waals surface area contributed by atoms with Crippen LogP contribution < -0.4 is 5.32 Å². The Balaban J connectivity index is 2.05. The predicted molar refractivity (Wildman–Crippen MR) is 71.7 cm³/mol. The topological polar surface area (TPSA) is 51.5 Å². The van der Waals surface area contributed by atoms with E-state index in [2.05, 4.69) is 5.32 Å². The predicted octanol–water partition coefficient (Wildman–Crippen LogP) is 2.92. The summed E-state index contributed by atoms with van der Waals surface area (Å²) < 4.78 is 10.1. The normalized spacial score (nSPS) is 12.1. The van der Waals surface area contributed by atoms with E-state index < -0.39 is 0 Å². The van der Waals surface area contributed by atoms with E-state index >= 15 is 0 Å². The average molecular weight is 259 g/mol. The summed E-state index contributed by atoms with van der Waals surface area (Å²) in [5.41, 5.74) is 1.50. The molecule has 1 aromatic heterocycles. The molecule has 1 N–H and O–H groups in total. The number of esters is 1. The third kappa shape index (κ3) is 3.23. The molecule has 19 heavy (non-hydrogen) atoms. The van der Waals surface area contributed by atoms with Crippen LogP contribution in [0, 0.1) is 0 Å². The van der Waals surface area contributed by atoms with Crippen LogP contribution in [0.15, 0.2) is 47.1 Å². The van der Waals surface area contributed by atoms with Crippen molar-refractivity contribution >= 4 is 5.97 Å². The number of carbonyl (C=O) groups is 1. The van der Waals surface area contributed by atoms with E-state index in [4.69, 9.17) is 9.15 Å². The molecule has 1 atom stereocenters. The van der Waals surface area contributed by atoms with Crippen molar-refractivity contribution in [2.45, 2.75) is 19.5 Å². The summed E-state index contributed by atoms with van der Waals surface area (Å²) in [7, 11) is 1.39. The van der Waals surface area contributed by atoms with Crippen LogP contribution in [0.3, 0.4) is 0 Å². The van der Waals surface area contributed by atoms with Gasteiger partial charge in [-0.25, -0.2) is 4.79 Å². The van der Waals surface area contributed by atoms with Crippen molar-refractivity contribution in [2.75, 3.05) is 7.11 Å². The molecule has 0 fully saturated rings. The van der Waals surface area contributed by atoms with Gasteiger partial charge in [-0.3, -0.25) is 0 Å². The minimum absolute atomic E-state index is 0.0840. The number of methoxy groups -OCH3 is 1. The van der Waals surface area contributed by atoms with Crippen LogP contribution in [-0.4, -0.2) is 13.1 Å². The van der Waals surface area contributed by atoms with E-state index in [1.165, 1.54) is 7.11 Å². The second-order valence-corrected chi connectivity index (χ2v) is 4.27. The lowest BCUT2D eigenvalue weighted by atomic mass is 10.1. The zero-order valence-electron chi connectivity index (χ0n) is 11.1. The maximum absolute atomic E-state index is 11.6. The van der Waals surface area contributed by atoms with Gasteiger partial charge in [0.15, 0.2) is 0 Å². The summed E-state index contributed by atoms with van der Waals surface area (Å²) in [5, 5.41) is 3.32. The molecule has 4 nitrogen and oxygen atoms in total. The Morgan fingerprint density at radius 3 is 2.79 bits per heavy atom. The van der Waals surface area contributed by atoms with Gasteiger partial charge in [-0.1, -0.05) is 18.2 Å². The smallest absolute Gasteiger partial charge is 0.338 e. The number of hydrogen-bond acceptors (Lipinski definition) is 4. The van der Waals surface area contributed by atoms with Crippen LogP contribution in [0.4, 0.5) is 0 Å². The SMILES string of the molecule is COC(=O)c1ccccc1CN[C@H](C)c1ccco1. The van der Waals surface area contributed by atoms with E-state index in [9.17, 15) is 4.79 Å². The molecule has 0 saturated heterocycles. The van der Waals surface area contributed by atoms with Crippen molar-refractivity contribution in [3.8, 4) is 0 Å². The number of ether oxygens (including phenoxy) is 1. The summed E-state index contributed by atoms with van der Waals surface area (Å²) in [6, 6.07) is 11.3. The van der Waals surface area contributed by atoms with Gasteiger partial charge in [0.25, 0.3) is 0 Å². The fourth-order valence-electron chi connectivity index (χ4n) is 1.88. The molecule has 0 bridgehead atoms. The lowest BCUT2D eigenvalue weighted by Gasteiger charge is -2.13. The molecule has 2 rings (SSSR count). The first-order valence-electron chi connectivity index (χ1n) is 6.15. The second-order valence-electron chi connectivity index (χ2n) is 4.27. The van der Waals surface area contributed by atoms with E-state index in [1.54, 1.807) is 12.3 Å². The van der Waals surface area contributed by atoms with Crippen molar-refractivity contribution in [2.24, 2.45) is 0 Å². The molecule has 1 heterocycles. The Kier molecular flexibility index (Phi) is 4.36. The van der Waals surface area contributed by atoms with Crippen molar-refractivity contribution in [3.05, 3.63) is 59.5 Å². The highest BCUT2D eigenvalue weighted by Gasteiger charge is 2.12. The third-order valence-corrected chi connectivity index (χ3v) is 2.99. The van der Waals surface area contributed by atoms with Gasteiger partial charge in [-0.2, -0.15) is 0 Å². The molecule has 0 aliphatic heterocycles. The monoisotopic (exact) mass is 259 g/mol. The van der Waals surface area contributed by atoms with Crippen molar-refractivity contribution in [1.29, 1.82) is 0 Å². The Morgan fingerprint density at radius 2 is 2.11 bits per heavy atom. The maximum atomic E-state index is 11.6. The van der Waals surface area contributed by atoms with Gasteiger partial charge in [0.1, 0.15) is 5.76 Å². The summed E-state index contributed by atoms with van der Waals surface area (Å²) >= 11 is 0. The molecular formula is C15H17NO3. The highest BCUT2D eigenvalue weighted by molar-refractivity contribution is 5.90. The number of furan rings is 1. The van der Waals surface area contributed by atoms with E-state index in [1.807, 2.05) is 37.3 Å². The Morgan fingerprint density at radius 1 is 1.32 bits per heavy atom. The Labute approximate surface area is 112 Å². The molecule has 100 valence electrons. The number of carbonyl (C=O) groups excluding carboxylic acids is 1. The average Bonchev–Trinajstić information content (AvgIpc) is 2.98. The number of benzene rings is 1. The fourth-order valence-corrected chi connectivity index (χ4v) is 1.88. The first-order valence-corrected chi connectivity index (χ1v) is 6.15. The molecule has 0 aliphatic rings. The third-order valence-electron chi connectivity index (χ3n) is 2.99. The molecule has 0 spiro atoms. The number of hydrogen-bond donors (Lipinski definition) is 1. The maximum Gasteiger partial charge on any atom is 0.338 e. The van der Waals surface area contributed by atoms with E-state index in [0.717, 1.165) is 11.3 Å². The molecule has 0 unspecified atom stereocenters. The quantitative estimate of drug-likeness (QED) is 0.839. The summed E-state index contributed by atoms with van der Waals surface area (Å²) in [6.45, 7) is 2.59. The minimum Gasteiger partial charge on any atom is -0.468 e. The number of nitrogens with one attached hydrogen (secondary N) is 1. The summed E-state index contributed by atoms with van der Waals surface area (Å²) in [5.74, 6) is 0.554. The van der Waals surface area contributed by atoms with Crippen LogP contribution in [0.2, 0.25) is 0 Å². The van der Waals surface area contributed by atoms with E-state index in [-0.39, 0.29) is 12.0 Å². The van der Waals surface area contributed by atoms with Crippen molar-refractivity contribution in [1.82, 2.24) is 5.32 Å². The molecular weight excluding hydrogens is 242 g/mol. The molecule has 0 aliphatic carbocycles. The number of rotatable bonds is 5. The second kappa shape index (κ2) is 6.20. The highest BCUT2D eigenvalue weighted by Crippen LogP contribution is 2.15. The van der Waals surface area contributed by atoms with Crippen molar-refractivity contribution < 1.29 is 13.9 Å². The highest BCUT2D eigenvalue weighted by atomic mass is 16.5. The lowest BCUT2D eigenvalue weighted by molar-refractivity contribution is 0.0599. The molecule has 2 aromatic rings. The van der Waals surface area contributed by atoms with E-state index in [0.29, 0.717) is 12.1 Å². The van der Waals surface area contributed by atoms with Gasteiger partial charge in [-0.15, -0.1) is 0 Å². The minimum atomic E-state index is -0.317. The first kappa shape index (κ1) is 13.4. The van der Waals surface area contributed by atoms with Crippen LogP contribution in [0.1, 0.15) is 34.6 Å². The van der Waals surface area contributed by atoms with Crippen LogP contribution in [-0.2, 0) is 11.3 Å². The van der Waals surface area contributed by atoms with Crippen molar-refractivity contribution in [3.63, 3.8) is 0 Å². The summed E-state index contributed by atoms with van der Waals surface area (Å²) in [6.07, 6.45) is 1.65. The standard InChI is InChI=1S/C15H17NO3/c1-11(14-8-5-9-19-14)16-10-12-6-3-4-7-13(12)15(17)18-2/h3-9,11,16H,10H2,1-2H3/t11-/m1/s1. The molecule has 0 radical (unpaired) electrons. The first-order chi connectivity index (χ1) is 9.22. The van der Waals surface area contributed by atoms with Gasteiger partial charge in [0.2, 0.25) is 0 Å². The molecule has 4 heteroatoms. The molecule has 0 saturated carbocycles. The zero-order valence-corrected chi connectivity index (χ0v) is 11.1. The Hall–Kier alpha value is -2.07. The van der Waals surface area contributed by atoms with Crippen LogP contribution in [0.5, 0.6) is 0 Å². The largest absolute Gasteiger partial charge is 0.468 e.